The van der Waals surface area contributed by atoms with Gasteiger partial charge in [0.25, 0.3) is 0 Å². The summed E-state index contributed by atoms with van der Waals surface area (Å²) in [5.74, 6) is 2.49. The monoisotopic (exact) mass is 442 g/mol. The fourth-order valence-corrected chi connectivity index (χ4v) is 4.57. The molecular formula is C22H18N8OS. The first-order valence-electron chi connectivity index (χ1n) is 10.0. The third kappa shape index (κ3) is 3.04. The number of ether oxygens (including phenoxy) is 1. The number of nitrogens with one attached hydrogen (secondary N) is 1. The number of benzene rings is 2. The Balaban J connectivity index is 1.33. The van der Waals surface area contributed by atoms with Crippen molar-refractivity contribution in [2.75, 3.05) is 7.11 Å². The molecule has 0 amide bonds. The van der Waals surface area contributed by atoms with Gasteiger partial charge in [0.2, 0.25) is 4.96 Å². The second-order valence-electron chi connectivity index (χ2n) is 7.35. The molecule has 1 N–H and O–H groups in total. The molecule has 0 saturated carbocycles. The average molecular weight is 443 g/mol. The third-order valence-electron chi connectivity index (χ3n) is 5.39. The van der Waals surface area contributed by atoms with Crippen molar-refractivity contribution in [3.05, 3.63) is 66.2 Å². The highest BCUT2D eigenvalue weighted by Crippen LogP contribution is 2.28. The number of rotatable bonds is 5. The Bertz CT molecular complexity index is 1560. The largest absolute Gasteiger partial charge is 0.497 e. The number of hydrogen-bond acceptors (Lipinski definition) is 7. The summed E-state index contributed by atoms with van der Waals surface area (Å²) in [7, 11) is 1.65. The van der Waals surface area contributed by atoms with Crippen LogP contribution in [0.3, 0.4) is 0 Å². The molecule has 0 aliphatic rings. The van der Waals surface area contributed by atoms with Crippen LogP contribution in [-0.4, -0.2) is 46.7 Å². The van der Waals surface area contributed by atoms with E-state index in [2.05, 4.69) is 36.0 Å². The summed E-state index contributed by atoms with van der Waals surface area (Å²) >= 11 is 1.47. The normalized spacial score (nSPS) is 11.6. The van der Waals surface area contributed by atoms with Crippen molar-refractivity contribution in [3.63, 3.8) is 0 Å². The third-order valence-corrected chi connectivity index (χ3v) is 6.33. The molecule has 0 saturated heterocycles. The Morgan fingerprint density at radius 2 is 1.91 bits per heavy atom. The Hall–Kier alpha value is -4.05. The van der Waals surface area contributed by atoms with Crippen molar-refractivity contribution in [1.82, 2.24) is 39.6 Å². The van der Waals surface area contributed by atoms with Crippen molar-refractivity contribution in [2.45, 2.75) is 13.5 Å². The van der Waals surface area contributed by atoms with E-state index in [1.54, 1.807) is 11.6 Å². The van der Waals surface area contributed by atoms with Crippen LogP contribution in [0.5, 0.6) is 5.75 Å². The average Bonchev–Trinajstić information content (AvgIpc) is 3.58. The number of H-pyrrole nitrogens is 1. The Morgan fingerprint density at radius 3 is 2.75 bits per heavy atom. The summed E-state index contributed by atoms with van der Waals surface area (Å²) in [6, 6.07) is 17.9. The first-order valence-corrected chi connectivity index (χ1v) is 10.8. The number of nitrogens with zero attached hydrogens (tertiary/aromatic N) is 7. The van der Waals surface area contributed by atoms with E-state index in [-0.39, 0.29) is 0 Å². The summed E-state index contributed by atoms with van der Waals surface area (Å²) in [4.78, 5) is 5.37. The molecule has 0 unspecified atom stereocenters. The SMILES string of the molecule is COc1ccc(-c2cc(-c3nn4c(Cn5c(C)nc6ccccc65)nnc4s3)[nH]n2)cc1. The molecule has 158 valence electrons. The van der Waals surface area contributed by atoms with Gasteiger partial charge < -0.3 is 9.30 Å². The number of aromatic nitrogens is 8. The van der Waals surface area contributed by atoms with Crippen molar-refractivity contribution in [1.29, 1.82) is 0 Å². The predicted octanol–water partition coefficient (Wildman–Crippen LogP) is 3.96. The van der Waals surface area contributed by atoms with Crippen LogP contribution >= 0.6 is 11.3 Å². The number of para-hydroxylation sites is 2. The van der Waals surface area contributed by atoms with Gasteiger partial charge in [-0.2, -0.15) is 14.7 Å². The van der Waals surface area contributed by atoms with Crippen LogP contribution < -0.4 is 4.74 Å². The van der Waals surface area contributed by atoms with E-state index in [0.29, 0.717) is 6.54 Å². The van der Waals surface area contributed by atoms with Crippen LogP contribution in [0.1, 0.15) is 11.6 Å². The molecule has 4 heterocycles. The van der Waals surface area contributed by atoms with E-state index < -0.39 is 0 Å². The molecule has 32 heavy (non-hydrogen) atoms. The molecule has 6 aromatic rings. The predicted molar refractivity (Wildman–Crippen MR) is 122 cm³/mol. The molecule has 0 radical (unpaired) electrons. The Labute approximate surface area is 186 Å². The van der Waals surface area contributed by atoms with Gasteiger partial charge in [-0.25, -0.2) is 4.98 Å². The Kier molecular flexibility index (Phi) is 4.25. The molecule has 4 aromatic heterocycles. The van der Waals surface area contributed by atoms with Crippen molar-refractivity contribution in [2.24, 2.45) is 0 Å². The maximum Gasteiger partial charge on any atom is 0.235 e. The number of fused-ring (bicyclic) bond motifs is 2. The smallest absolute Gasteiger partial charge is 0.235 e. The number of aromatic amines is 1. The van der Waals surface area contributed by atoms with Gasteiger partial charge in [0.15, 0.2) is 10.8 Å². The quantitative estimate of drug-likeness (QED) is 0.434. The lowest BCUT2D eigenvalue weighted by Gasteiger charge is -2.04. The first kappa shape index (κ1) is 18.7. The lowest BCUT2D eigenvalue weighted by Crippen LogP contribution is -2.06. The van der Waals surface area contributed by atoms with Gasteiger partial charge in [0, 0.05) is 5.56 Å². The lowest BCUT2D eigenvalue weighted by molar-refractivity contribution is 0.415. The zero-order chi connectivity index (χ0) is 21.7. The standard InChI is InChI=1S/C22H18N8OS/c1-13-23-16-5-3-4-6-19(16)29(13)12-20-26-27-22-30(20)28-21(32-22)18-11-17(24-25-18)14-7-9-15(31-2)10-8-14/h3-11H,12H2,1-2H3,(H,24,25). The molecule has 0 aliphatic heterocycles. The molecule has 0 bridgehead atoms. The number of imidazole rings is 1. The van der Waals surface area contributed by atoms with Crippen LogP contribution in [0, 0.1) is 6.92 Å². The highest BCUT2D eigenvalue weighted by molar-refractivity contribution is 7.19. The van der Waals surface area contributed by atoms with Crippen molar-refractivity contribution < 1.29 is 4.74 Å². The van der Waals surface area contributed by atoms with Crippen LogP contribution in [0.4, 0.5) is 0 Å². The molecular weight excluding hydrogens is 424 g/mol. The maximum absolute atomic E-state index is 5.23. The minimum absolute atomic E-state index is 0.538. The van der Waals surface area contributed by atoms with E-state index >= 15 is 0 Å². The van der Waals surface area contributed by atoms with Crippen molar-refractivity contribution in [3.8, 4) is 27.7 Å². The van der Waals surface area contributed by atoms with Gasteiger partial charge in [0.1, 0.15) is 11.6 Å². The van der Waals surface area contributed by atoms with E-state index in [9.17, 15) is 0 Å². The van der Waals surface area contributed by atoms with Crippen LogP contribution in [-0.2, 0) is 6.54 Å². The maximum atomic E-state index is 5.23. The summed E-state index contributed by atoms with van der Waals surface area (Å²) in [5, 5.41) is 21.8. The molecule has 2 aromatic carbocycles. The lowest BCUT2D eigenvalue weighted by atomic mass is 10.1. The molecule has 10 heteroatoms. The number of aryl methyl sites for hydroxylation is 1. The van der Waals surface area contributed by atoms with E-state index in [1.165, 1.54) is 11.3 Å². The summed E-state index contributed by atoms with van der Waals surface area (Å²) in [5.41, 5.74) is 4.71. The second kappa shape index (κ2) is 7.27. The Morgan fingerprint density at radius 1 is 1.06 bits per heavy atom. The van der Waals surface area contributed by atoms with Crippen molar-refractivity contribution >= 4 is 27.3 Å². The highest BCUT2D eigenvalue weighted by atomic mass is 32.1. The molecule has 0 atom stereocenters. The van der Waals surface area contributed by atoms with E-state index in [0.717, 1.165) is 55.4 Å². The second-order valence-corrected chi connectivity index (χ2v) is 8.30. The van der Waals surface area contributed by atoms with E-state index in [4.69, 9.17) is 9.84 Å². The minimum atomic E-state index is 0.538. The zero-order valence-corrected chi connectivity index (χ0v) is 18.2. The first-order chi connectivity index (χ1) is 15.7. The van der Waals surface area contributed by atoms with Gasteiger partial charge in [-0.3, -0.25) is 5.10 Å². The van der Waals surface area contributed by atoms with E-state index in [1.807, 2.05) is 55.5 Å². The summed E-state index contributed by atoms with van der Waals surface area (Å²) in [6.07, 6.45) is 0. The fraction of sp³-hybridized carbons (Fsp3) is 0.136. The molecule has 0 fully saturated rings. The molecule has 6 rings (SSSR count). The zero-order valence-electron chi connectivity index (χ0n) is 17.4. The number of methoxy groups -OCH3 is 1. The minimum Gasteiger partial charge on any atom is -0.497 e. The highest BCUT2D eigenvalue weighted by Gasteiger charge is 2.17. The topological polar surface area (TPSA) is 98.8 Å². The van der Waals surface area contributed by atoms with Crippen LogP contribution in [0.15, 0.2) is 54.6 Å². The van der Waals surface area contributed by atoms with Gasteiger partial charge in [-0.05, 0) is 49.4 Å². The van der Waals surface area contributed by atoms with Gasteiger partial charge in [-0.15, -0.1) is 10.2 Å². The van der Waals surface area contributed by atoms with Crippen LogP contribution in [0.25, 0.3) is 38.0 Å². The summed E-state index contributed by atoms with van der Waals surface area (Å²) in [6.45, 7) is 2.53. The van der Waals surface area contributed by atoms with Crippen LogP contribution in [0.2, 0.25) is 0 Å². The molecule has 0 spiro atoms. The molecule has 0 aliphatic carbocycles. The van der Waals surface area contributed by atoms with Gasteiger partial charge in [0.05, 0.1) is 36.1 Å². The number of hydrogen-bond donors (Lipinski definition) is 1. The summed E-state index contributed by atoms with van der Waals surface area (Å²) < 4.78 is 9.15. The molecule has 9 nitrogen and oxygen atoms in total. The fourth-order valence-electron chi connectivity index (χ4n) is 3.74. The van der Waals surface area contributed by atoms with Gasteiger partial charge in [-0.1, -0.05) is 23.5 Å². The van der Waals surface area contributed by atoms with Gasteiger partial charge >= 0.3 is 0 Å².